The molecule has 3 heterocycles. The van der Waals surface area contributed by atoms with E-state index >= 15 is 0 Å². The largest absolute Gasteiger partial charge is 0.495 e. The van der Waals surface area contributed by atoms with Crippen molar-refractivity contribution in [1.82, 2.24) is 14.8 Å². The summed E-state index contributed by atoms with van der Waals surface area (Å²) in [7, 11) is 1.68. The summed E-state index contributed by atoms with van der Waals surface area (Å²) < 4.78 is 11.1. The number of aromatic nitrogens is 1. The van der Waals surface area contributed by atoms with Crippen LogP contribution in [0.3, 0.4) is 0 Å². The molecule has 0 unspecified atom stereocenters. The lowest BCUT2D eigenvalue weighted by Gasteiger charge is -2.38. The number of para-hydroxylation sites is 2. The highest BCUT2D eigenvalue weighted by atomic mass is 16.6. The first-order chi connectivity index (χ1) is 18.6. The SMILES string of the molecule is CCc1cc(NC(=O)N2CCN(c3ccccc3OC)CC2)c(N2CCN(C(=O)OC(C)(C)C)CC2)nc1C. The quantitative estimate of drug-likeness (QED) is 0.605. The summed E-state index contributed by atoms with van der Waals surface area (Å²) in [6.45, 7) is 14.6. The van der Waals surface area contributed by atoms with E-state index in [0.717, 1.165) is 48.0 Å². The molecule has 10 nitrogen and oxygen atoms in total. The Balaban J connectivity index is 1.43. The fourth-order valence-electron chi connectivity index (χ4n) is 4.99. The highest BCUT2D eigenvalue weighted by Crippen LogP contribution is 2.30. The normalized spacial score (nSPS) is 16.3. The number of amides is 3. The van der Waals surface area contributed by atoms with Gasteiger partial charge in [0.2, 0.25) is 0 Å². The molecule has 1 aromatic carbocycles. The summed E-state index contributed by atoms with van der Waals surface area (Å²) in [4.78, 5) is 38.8. The van der Waals surface area contributed by atoms with Crippen LogP contribution in [0.5, 0.6) is 5.75 Å². The first kappa shape index (κ1) is 28.3. The maximum atomic E-state index is 13.4. The van der Waals surface area contributed by atoms with Crippen molar-refractivity contribution in [3.05, 3.63) is 41.6 Å². The Labute approximate surface area is 231 Å². The first-order valence-electron chi connectivity index (χ1n) is 13.8. The van der Waals surface area contributed by atoms with Crippen LogP contribution in [0.25, 0.3) is 0 Å². The number of urea groups is 1. The molecule has 3 amide bonds. The Bertz CT molecular complexity index is 1160. The topological polar surface area (TPSA) is 90.5 Å². The maximum absolute atomic E-state index is 13.4. The molecule has 4 rings (SSSR count). The standard InChI is InChI=1S/C29H42N6O4/c1-7-22-20-23(26(30-21(22)2)33-14-18-35(19-15-33)28(37)39-29(3,4)5)31-27(36)34-16-12-32(13-17-34)24-10-8-9-11-25(24)38-6/h8-11,20H,7,12-19H2,1-6H3,(H,31,36). The van der Waals surface area contributed by atoms with Crippen LogP contribution < -0.4 is 19.9 Å². The van der Waals surface area contributed by atoms with Crippen LogP contribution in [0.1, 0.15) is 39.0 Å². The average Bonchev–Trinajstić information content (AvgIpc) is 2.93. The third-order valence-corrected chi connectivity index (χ3v) is 7.14. The number of ether oxygens (including phenoxy) is 2. The van der Waals surface area contributed by atoms with E-state index < -0.39 is 5.60 Å². The Morgan fingerprint density at radius 3 is 2.18 bits per heavy atom. The lowest BCUT2D eigenvalue weighted by atomic mass is 10.1. The number of aryl methyl sites for hydroxylation is 2. The number of methoxy groups -OCH3 is 1. The van der Waals surface area contributed by atoms with Gasteiger partial charge in [0.05, 0.1) is 18.5 Å². The molecule has 2 fully saturated rings. The number of anilines is 3. The molecular formula is C29H42N6O4. The highest BCUT2D eigenvalue weighted by molar-refractivity contribution is 5.93. The molecule has 2 saturated heterocycles. The highest BCUT2D eigenvalue weighted by Gasteiger charge is 2.29. The summed E-state index contributed by atoms with van der Waals surface area (Å²) in [5.74, 6) is 1.58. The van der Waals surface area contributed by atoms with E-state index in [0.29, 0.717) is 45.0 Å². The Kier molecular flexibility index (Phi) is 8.72. The second-order valence-electron chi connectivity index (χ2n) is 11.0. The number of carbonyl (C=O) groups excluding carboxylic acids is 2. The molecule has 39 heavy (non-hydrogen) atoms. The van der Waals surface area contributed by atoms with Crippen molar-refractivity contribution in [3.8, 4) is 5.75 Å². The van der Waals surface area contributed by atoms with E-state index in [1.54, 1.807) is 12.0 Å². The molecule has 2 aliphatic rings. The Hall–Kier alpha value is -3.69. The summed E-state index contributed by atoms with van der Waals surface area (Å²) in [6, 6.07) is 9.88. The number of carbonyl (C=O) groups is 2. The molecule has 1 N–H and O–H groups in total. The third-order valence-electron chi connectivity index (χ3n) is 7.14. The number of nitrogens with one attached hydrogen (secondary N) is 1. The fraction of sp³-hybridized carbons (Fsp3) is 0.552. The van der Waals surface area contributed by atoms with Crippen molar-refractivity contribution in [3.63, 3.8) is 0 Å². The molecule has 0 radical (unpaired) electrons. The summed E-state index contributed by atoms with van der Waals surface area (Å²) in [5.41, 5.74) is 3.27. The van der Waals surface area contributed by atoms with Gasteiger partial charge in [-0.25, -0.2) is 14.6 Å². The third kappa shape index (κ3) is 6.85. The molecule has 2 aliphatic heterocycles. The van der Waals surface area contributed by atoms with Gasteiger partial charge in [-0.15, -0.1) is 0 Å². The van der Waals surface area contributed by atoms with Crippen molar-refractivity contribution in [2.24, 2.45) is 0 Å². The van der Waals surface area contributed by atoms with Crippen LogP contribution in [0.15, 0.2) is 30.3 Å². The molecular weight excluding hydrogens is 496 g/mol. The smallest absolute Gasteiger partial charge is 0.410 e. The molecule has 10 heteroatoms. The Morgan fingerprint density at radius 2 is 1.56 bits per heavy atom. The maximum Gasteiger partial charge on any atom is 0.410 e. The zero-order chi connectivity index (χ0) is 28.2. The van der Waals surface area contributed by atoms with Crippen LogP contribution in [0, 0.1) is 6.92 Å². The number of benzene rings is 1. The second-order valence-corrected chi connectivity index (χ2v) is 11.0. The molecule has 0 aliphatic carbocycles. The van der Waals surface area contributed by atoms with Gasteiger partial charge in [-0.1, -0.05) is 19.1 Å². The van der Waals surface area contributed by atoms with E-state index in [9.17, 15) is 9.59 Å². The predicted molar refractivity (Wildman–Crippen MR) is 154 cm³/mol. The monoisotopic (exact) mass is 538 g/mol. The number of hydrogen-bond donors (Lipinski definition) is 1. The number of rotatable bonds is 5. The van der Waals surface area contributed by atoms with Crippen LogP contribution in [0.2, 0.25) is 0 Å². The minimum Gasteiger partial charge on any atom is -0.495 e. The molecule has 1 aromatic heterocycles. The average molecular weight is 539 g/mol. The number of hydrogen-bond acceptors (Lipinski definition) is 7. The van der Waals surface area contributed by atoms with Gasteiger partial charge in [0.15, 0.2) is 5.82 Å². The predicted octanol–water partition coefficient (Wildman–Crippen LogP) is 4.37. The van der Waals surface area contributed by atoms with Gasteiger partial charge in [0.25, 0.3) is 0 Å². The van der Waals surface area contributed by atoms with Gasteiger partial charge < -0.3 is 34.4 Å². The molecule has 0 saturated carbocycles. The van der Waals surface area contributed by atoms with Crippen molar-refractivity contribution in [2.45, 2.75) is 46.6 Å². The van der Waals surface area contributed by atoms with E-state index in [2.05, 4.69) is 22.0 Å². The van der Waals surface area contributed by atoms with Crippen LogP contribution >= 0.6 is 0 Å². The van der Waals surface area contributed by atoms with Crippen LogP contribution in [-0.2, 0) is 11.2 Å². The van der Waals surface area contributed by atoms with E-state index in [-0.39, 0.29) is 12.1 Å². The first-order valence-corrected chi connectivity index (χ1v) is 13.8. The number of piperazine rings is 2. The van der Waals surface area contributed by atoms with E-state index in [1.807, 2.05) is 62.9 Å². The van der Waals surface area contributed by atoms with E-state index in [1.165, 1.54) is 0 Å². The Morgan fingerprint density at radius 1 is 0.949 bits per heavy atom. The number of pyridine rings is 1. The van der Waals surface area contributed by atoms with Crippen molar-refractivity contribution in [1.29, 1.82) is 0 Å². The van der Waals surface area contributed by atoms with Crippen molar-refractivity contribution < 1.29 is 19.1 Å². The minimum absolute atomic E-state index is 0.129. The van der Waals surface area contributed by atoms with Gasteiger partial charge in [-0.2, -0.15) is 0 Å². The van der Waals surface area contributed by atoms with Crippen LogP contribution in [-0.4, -0.2) is 92.0 Å². The summed E-state index contributed by atoms with van der Waals surface area (Å²) in [6.07, 6.45) is 0.528. The van der Waals surface area contributed by atoms with Gasteiger partial charge in [0, 0.05) is 58.1 Å². The summed E-state index contributed by atoms with van der Waals surface area (Å²) in [5, 5.41) is 3.16. The van der Waals surface area contributed by atoms with Gasteiger partial charge >= 0.3 is 12.1 Å². The van der Waals surface area contributed by atoms with Gasteiger partial charge in [-0.05, 0) is 57.9 Å². The molecule has 2 aromatic rings. The molecule has 0 spiro atoms. The zero-order valence-corrected chi connectivity index (χ0v) is 24.1. The number of nitrogens with zero attached hydrogens (tertiary/aromatic N) is 5. The molecule has 0 bridgehead atoms. The molecule has 212 valence electrons. The van der Waals surface area contributed by atoms with E-state index in [4.69, 9.17) is 14.5 Å². The van der Waals surface area contributed by atoms with Crippen molar-refractivity contribution in [2.75, 3.05) is 74.6 Å². The minimum atomic E-state index is -0.529. The lowest BCUT2D eigenvalue weighted by Crippen LogP contribution is -2.51. The summed E-state index contributed by atoms with van der Waals surface area (Å²) >= 11 is 0. The van der Waals surface area contributed by atoms with Gasteiger partial charge in [0.1, 0.15) is 11.4 Å². The fourth-order valence-corrected chi connectivity index (χ4v) is 4.99. The van der Waals surface area contributed by atoms with Gasteiger partial charge in [-0.3, -0.25) is 0 Å². The van der Waals surface area contributed by atoms with Crippen LogP contribution in [0.4, 0.5) is 26.8 Å². The molecule has 0 atom stereocenters. The zero-order valence-electron chi connectivity index (χ0n) is 24.1. The lowest BCUT2D eigenvalue weighted by molar-refractivity contribution is 0.0240. The van der Waals surface area contributed by atoms with Crippen molar-refractivity contribution >= 4 is 29.3 Å². The second kappa shape index (κ2) is 12.0.